The van der Waals surface area contributed by atoms with Crippen LogP contribution in [-0.4, -0.2) is 15.9 Å². The van der Waals surface area contributed by atoms with Crippen LogP contribution >= 0.6 is 0 Å². The smallest absolute Gasteiger partial charge is 0.283 e. The van der Waals surface area contributed by atoms with Gasteiger partial charge in [-0.05, 0) is 6.07 Å². The molecule has 112 valence electrons. The zero-order valence-corrected chi connectivity index (χ0v) is 11.4. The second-order valence-electron chi connectivity index (χ2n) is 4.69. The molecule has 0 aliphatic carbocycles. The molecule has 2 aromatic rings. The molecule has 0 unspecified atom stereocenters. The van der Waals surface area contributed by atoms with Crippen LogP contribution in [0.2, 0.25) is 0 Å². The normalized spacial score (nSPS) is 11.1. The molecule has 0 saturated heterocycles. The first-order valence-corrected chi connectivity index (χ1v) is 6.20. The van der Waals surface area contributed by atoms with Crippen LogP contribution in [0.15, 0.2) is 22.7 Å². The van der Waals surface area contributed by atoms with Gasteiger partial charge in [0, 0.05) is 6.04 Å². The van der Waals surface area contributed by atoms with Gasteiger partial charge in [-0.2, -0.15) is 0 Å². The highest BCUT2D eigenvalue weighted by atomic mass is 19.2. The highest BCUT2D eigenvalue weighted by Crippen LogP contribution is 2.32. The number of nitrogens with zero attached hydrogens (tertiary/aromatic N) is 2. The Kier molecular flexibility index (Phi) is 4.27. The molecule has 6 nitrogen and oxygen atoms in total. The molecule has 0 bridgehead atoms. The second kappa shape index (κ2) is 5.96. The molecule has 1 aromatic heterocycles. The number of nitrogens with one attached hydrogen (secondary N) is 1. The van der Waals surface area contributed by atoms with E-state index in [4.69, 9.17) is 4.42 Å². The summed E-state index contributed by atoms with van der Waals surface area (Å²) in [6, 6.07) is 1.46. The number of nitro groups is 1. The fraction of sp³-hybridized carbons (Fsp3) is 0.308. The number of hydrogen-bond donors (Lipinski definition) is 1. The lowest BCUT2D eigenvalue weighted by Crippen LogP contribution is -2.21. The molecule has 21 heavy (non-hydrogen) atoms. The Bertz CT molecular complexity index is 671. The fourth-order valence-corrected chi connectivity index (χ4v) is 1.69. The van der Waals surface area contributed by atoms with Crippen molar-refractivity contribution in [3.63, 3.8) is 0 Å². The molecule has 0 amide bonds. The van der Waals surface area contributed by atoms with Crippen LogP contribution in [0.3, 0.4) is 0 Å². The number of hydrogen-bond acceptors (Lipinski definition) is 5. The Morgan fingerprint density at radius 2 is 2.05 bits per heavy atom. The van der Waals surface area contributed by atoms with Gasteiger partial charge in [-0.3, -0.25) is 10.1 Å². The molecule has 0 atom stereocenters. The second-order valence-corrected chi connectivity index (χ2v) is 4.69. The van der Waals surface area contributed by atoms with E-state index in [2.05, 4.69) is 10.3 Å². The molecule has 8 heteroatoms. The van der Waals surface area contributed by atoms with E-state index >= 15 is 0 Å². The van der Waals surface area contributed by atoms with Gasteiger partial charge in [-0.1, -0.05) is 13.8 Å². The van der Waals surface area contributed by atoms with Gasteiger partial charge in [-0.25, -0.2) is 13.8 Å². The van der Waals surface area contributed by atoms with Gasteiger partial charge in [0.2, 0.25) is 5.89 Å². The summed E-state index contributed by atoms with van der Waals surface area (Å²) in [5.74, 6) is -2.15. The van der Waals surface area contributed by atoms with Gasteiger partial charge in [0.1, 0.15) is 0 Å². The first kappa shape index (κ1) is 15.0. The summed E-state index contributed by atoms with van der Waals surface area (Å²) < 4.78 is 31.7. The lowest BCUT2D eigenvalue weighted by atomic mass is 10.1. The van der Waals surface area contributed by atoms with Crippen LogP contribution in [0, 0.1) is 21.7 Å². The summed E-state index contributed by atoms with van der Waals surface area (Å²) in [4.78, 5) is 14.1. The van der Waals surface area contributed by atoms with Crippen molar-refractivity contribution in [2.45, 2.75) is 26.4 Å². The average molecular weight is 297 g/mol. The number of nitro benzene ring substituents is 1. The number of oxazole rings is 1. The quantitative estimate of drug-likeness (QED) is 0.677. The summed E-state index contributed by atoms with van der Waals surface area (Å²) in [7, 11) is 0. The van der Waals surface area contributed by atoms with E-state index in [0.29, 0.717) is 18.5 Å². The third kappa shape index (κ3) is 3.40. The third-order valence-corrected chi connectivity index (χ3v) is 2.72. The van der Waals surface area contributed by atoms with E-state index in [-0.39, 0.29) is 17.4 Å². The van der Waals surface area contributed by atoms with Crippen LogP contribution in [0.4, 0.5) is 14.5 Å². The molecule has 0 fully saturated rings. The highest BCUT2D eigenvalue weighted by Gasteiger charge is 2.22. The Morgan fingerprint density at radius 3 is 2.67 bits per heavy atom. The SMILES string of the molecule is CC(C)NCc1ncc(-c2cc(F)c(F)cc2[N+](=O)[O-])o1. The molecule has 0 radical (unpaired) electrons. The lowest BCUT2D eigenvalue weighted by molar-refractivity contribution is -0.384. The zero-order valence-electron chi connectivity index (χ0n) is 11.4. The Balaban J connectivity index is 2.37. The molecule has 1 N–H and O–H groups in total. The van der Waals surface area contributed by atoms with Crippen LogP contribution in [-0.2, 0) is 6.54 Å². The van der Waals surface area contributed by atoms with Gasteiger partial charge >= 0.3 is 0 Å². The van der Waals surface area contributed by atoms with Crippen LogP contribution in [0.5, 0.6) is 0 Å². The summed E-state index contributed by atoms with van der Waals surface area (Å²) >= 11 is 0. The zero-order chi connectivity index (χ0) is 15.6. The number of aromatic nitrogens is 1. The number of halogens is 2. The van der Waals surface area contributed by atoms with E-state index < -0.39 is 22.2 Å². The maximum absolute atomic E-state index is 13.3. The fourth-order valence-electron chi connectivity index (χ4n) is 1.69. The summed E-state index contributed by atoms with van der Waals surface area (Å²) in [5, 5.41) is 14.0. The van der Waals surface area contributed by atoms with Crippen molar-refractivity contribution in [2.24, 2.45) is 0 Å². The highest BCUT2D eigenvalue weighted by molar-refractivity contribution is 5.69. The van der Waals surface area contributed by atoms with Gasteiger partial charge in [0.05, 0.1) is 29.3 Å². The van der Waals surface area contributed by atoms with Crippen molar-refractivity contribution in [3.05, 3.63) is 46.0 Å². The van der Waals surface area contributed by atoms with Gasteiger partial charge in [0.25, 0.3) is 5.69 Å². The monoisotopic (exact) mass is 297 g/mol. The van der Waals surface area contributed by atoms with E-state index in [1.807, 2.05) is 13.8 Å². The molecular formula is C13H13F2N3O3. The molecule has 2 rings (SSSR count). The van der Waals surface area contributed by atoms with Crippen LogP contribution in [0.1, 0.15) is 19.7 Å². The van der Waals surface area contributed by atoms with Crippen LogP contribution < -0.4 is 5.32 Å². The van der Waals surface area contributed by atoms with E-state index in [1.165, 1.54) is 6.20 Å². The molecule has 0 spiro atoms. The number of rotatable bonds is 5. The predicted octanol–water partition coefficient (Wildman–Crippen LogP) is 3.03. The molecule has 1 aromatic carbocycles. The Hall–Kier alpha value is -2.35. The van der Waals surface area contributed by atoms with E-state index in [9.17, 15) is 18.9 Å². The van der Waals surface area contributed by atoms with Crippen molar-refractivity contribution < 1.29 is 18.1 Å². The minimum atomic E-state index is -1.29. The summed E-state index contributed by atoms with van der Waals surface area (Å²) in [6.45, 7) is 4.20. The minimum Gasteiger partial charge on any atom is -0.439 e. The average Bonchev–Trinajstić information content (AvgIpc) is 2.87. The van der Waals surface area contributed by atoms with Crippen molar-refractivity contribution in [1.29, 1.82) is 0 Å². The van der Waals surface area contributed by atoms with Crippen LogP contribution in [0.25, 0.3) is 11.3 Å². The Labute approximate surface area is 118 Å². The Morgan fingerprint density at radius 1 is 1.38 bits per heavy atom. The van der Waals surface area contributed by atoms with Gasteiger partial charge < -0.3 is 9.73 Å². The first-order chi connectivity index (χ1) is 9.88. The van der Waals surface area contributed by atoms with Gasteiger partial charge in [0.15, 0.2) is 17.4 Å². The maximum Gasteiger partial charge on any atom is 0.283 e. The largest absolute Gasteiger partial charge is 0.439 e. The standard InChI is InChI=1S/C13H13F2N3O3/c1-7(2)16-6-13-17-5-12(21-13)8-3-9(14)10(15)4-11(8)18(19)20/h3-5,7,16H,6H2,1-2H3. The molecule has 0 aliphatic heterocycles. The number of benzene rings is 1. The molecular weight excluding hydrogens is 284 g/mol. The first-order valence-electron chi connectivity index (χ1n) is 6.20. The van der Waals surface area contributed by atoms with Crippen molar-refractivity contribution >= 4 is 5.69 Å². The van der Waals surface area contributed by atoms with Crippen molar-refractivity contribution in [3.8, 4) is 11.3 Å². The summed E-state index contributed by atoms with van der Waals surface area (Å²) in [6.07, 6.45) is 1.25. The third-order valence-electron chi connectivity index (χ3n) is 2.72. The van der Waals surface area contributed by atoms with Crippen molar-refractivity contribution in [2.75, 3.05) is 0 Å². The maximum atomic E-state index is 13.3. The molecule has 1 heterocycles. The molecule has 0 saturated carbocycles. The minimum absolute atomic E-state index is 0.0150. The lowest BCUT2D eigenvalue weighted by Gasteiger charge is -2.04. The predicted molar refractivity (Wildman–Crippen MR) is 70.5 cm³/mol. The molecule has 0 aliphatic rings. The van der Waals surface area contributed by atoms with Crippen molar-refractivity contribution in [1.82, 2.24) is 10.3 Å². The summed E-state index contributed by atoms with van der Waals surface area (Å²) in [5.41, 5.74) is -0.726. The van der Waals surface area contributed by atoms with E-state index in [0.717, 1.165) is 6.07 Å². The van der Waals surface area contributed by atoms with Gasteiger partial charge in [-0.15, -0.1) is 0 Å². The topological polar surface area (TPSA) is 81.2 Å². The van der Waals surface area contributed by atoms with E-state index in [1.54, 1.807) is 0 Å².